The summed E-state index contributed by atoms with van der Waals surface area (Å²) in [7, 11) is 0. The van der Waals surface area contributed by atoms with Crippen molar-refractivity contribution in [2.45, 2.75) is 0 Å². The van der Waals surface area contributed by atoms with Crippen LogP contribution < -0.4 is 5.73 Å². The SMILES string of the molecule is Nc1c(O)ccc2cc(C(=O)O)ccc12. The maximum atomic E-state index is 10.7. The van der Waals surface area contributed by atoms with Gasteiger partial charge in [-0.2, -0.15) is 0 Å². The number of benzene rings is 2. The third-order valence-corrected chi connectivity index (χ3v) is 2.29. The molecule has 0 aliphatic rings. The number of aromatic hydroxyl groups is 1. The minimum Gasteiger partial charge on any atom is -0.506 e. The Morgan fingerprint density at radius 1 is 1.20 bits per heavy atom. The molecule has 0 bridgehead atoms. The zero-order valence-corrected chi connectivity index (χ0v) is 7.77. The molecule has 0 saturated carbocycles. The molecule has 0 spiro atoms. The van der Waals surface area contributed by atoms with Gasteiger partial charge >= 0.3 is 5.97 Å². The predicted octanol–water partition coefficient (Wildman–Crippen LogP) is 1.83. The third-order valence-electron chi connectivity index (χ3n) is 2.29. The summed E-state index contributed by atoms with van der Waals surface area (Å²) in [6.45, 7) is 0. The second kappa shape index (κ2) is 3.16. The van der Waals surface area contributed by atoms with Gasteiger partial charge in [0.25, 0.3) is 0 Å². The van der Waals surface area contributed by atoms with Gasteiger partial charge in [-0.25, -0.2) is 4.79 Å². The normalized spacial score (nSPS) is 10.4. The molecule has 2 rings (SSSR count). The number of anilines is 1. The molecule has 0 fully saturated rings. The summed E-state index contributed by atoms with van der Waals surface area (Å²) in [5.74, 6) is -0.978. The van der Waals surface area contributed by atoms with Gasteiger partial charge in [-0.15, -0.1) is 0 Å². The molecule has 0 aromatic heterocycles. The number of nitrogen functional groups attached to an aromatic ring is 1. The number of fused-ring (bicyclic) bond motifs is 1. The van der Waals surface area contributed by atoms with Crippen molar-refractivity contribution in [3.63, 3.8) is 0 Å². The van der Waals surface area contributed by atoms with Crippen LogP contribution in [-0.4, -0.2) is 16.2 Å². The van der Waals surface area contributed by atoms with E-state index in [0.29, 0.717) is 10.8 Å². The zero-order valence-electron chi connectivity index (χ0n) is 7.77. The van der Waals surface area contributed by atoms with Gasteiger partial charge in [0.1, 0.15) is 5.75 Å². The van der Waals surface area contributed by atoms with Crippen molar-refractivity contribution in [3.05, 3.63) is 35.9 Å². The third kappa shape index (κ3) is 1.46. The molecule has 0 aliphatic carbocycles. The van der Waals surface area contributed by atoms with E-state index in [0.717, 1.165) is 0 Å². The average Bonchev–Trinajstić information content (AvgIpc) is 2.23. The fourth-order valence-corrected chi connectivity index (χ4v) is 1.48. The van der Waals surface area contributed by atoms with Gasteiger partial charge in [-0.1, -0.05) is 12.1 Å². The van der Waals surface area contributed by atoms with Gasteiger partial charge in [0.05, 0.1) is 11.3 Å². The number of aromatic carboxylic acids is 1. The Morgan fingerprint density at radius 3 is 2.60 bits per heavy atom. The van der Waals surface area contributed by atoms with Crippen molar-refractivity contribution >= 4 is 22.4 Å². The lowest BCUT2D eigenvalue weighted by atomic mass is 10.1. The number of rotatable bonds is 1. The van der Waals surface area contributed by atoms with Crippen LogP contribution in [-0.2, 0) is 0 Å². The maximum absolute atomic E-state index is 10.7. The molecule has 2 aromatic carbocycles. The van der Waals surface area contributed by atoms with E-state index < -0.39 is 5.97 Å². The van der Waals surface area contributed by atoms with Crippen molar-refractivity contribution < 1.29 is 15.0 Å². The minimum atomic E-state index is -0.983. The van der Waals surface area contributed by atoms with E-state index in [2.05, 4.69) is 0 Å². The number of hydrogen-bond donors (Lipinski definition) is 3. The monoisotopic (exact) mass is 203 g/mol. The Kier molecular flexibility index (Phi) is 1.97. The van der Waals surface area contributed by atoms with Gasteiger partial charge in [-0.05, 0) is 23.6 Å². The van der Waals surface area contributed by atoms with E-state index in [4.69, 9.17) is 10.8 Å². The van der Waals surface area contributed by atoms with Crippen molar-refractivity contribution in [2.24, 2.45) is 0 Å². The lowest BCUT2D eigenvalue weighted by Gasteiger charge is -2.04. The molecule has 0 unspecified atom stereocenters. The number of phenolic OH excluding ortho intramolecular Hbond substituents is 1. The fourth-order valence-electron chi connectivity index (χ4n) is 1.48. The van der Waals surface area contributed by atoms with E-state index in [-0.39, 0.29) is 17.0 Å². The molecular weight excluding hydrogens is 194 g/mol. The molecule has 4 N–H and O–H groups in total. The van der Waals surface area contributed by atoms with Gasteiger partial charge in [0.2, 0.25) is 0 Å². The van der Waals surface area contributed by atoms with E-state index in [9.17, 15) is 9.90 Å². The molecule has 76 valence electrons. The summed E-state index contributed by atoms with van der Waals surface area (Å²) in [4.78, 5) is 10.7. The second-order valence-electron chi connectivity index (χ2n) is 3.24. The molecule has 15 heavy (non-hydrogen) atoms. The average molecular weight is 203 g/mol. The van der Waals surface area contributed by atoms with Crippen LogP contribution in [0.2, 0.25) is 0 Å². The lowest BCUT2D eigenvalue weighted by molar-refractivity contribution is 0.0697. The standard InChI is InChI=1S/C11H9NO3/c12-10-8-3-1-7(11(14)15)5-6(8)2-4-9(10)13/h1-5,13H,12H2,(H,14,15). The van der Waals surface area contributed by atoms with Crippen molar-refractivity contribution in [1.82, 2.24) is 0 Å². The van der Waals surface area contributed by atoms with Crippen LogP contribution in [0.5, 0.6) is 5.75 Å². The van der Waals surface area contributed by atoms with Crippen LogP contribution in [0, 0.1) is 0 Å². The Morgan fingerprint density at radius 2 is 1.93 bits per heavy atom. The highest BCUT2D eigenvalue weighted by Gasteiger charge is 2.07. The Labute approximate surface area is 85.6 Å². The van der Waals surface area contributed by atoms with Gasteiger partial charge < -0.3 is 15.9 Å². The Balaban J connectivity index is 2.75. The smallest absolute Gasteiger partial charge is 0.335 e. The van der Waals surface area contributed by atoms with Crippen LogP contribution in [0.25, 0.3) is 10.8 Å². The second-order valence-corrected chi connectivity index (χ2v) is 3.24. The van der Waals surface area contributed by atoms with Crippen molar-refractivity contribution in [1.29, 1.82) is 0 Å². The minimum absolute atomic E-state index is 0.00516. The lowest BCUT2D eigenvalue weighted by Crippen LogP contribution is -1.96. The summed E-state index contributed by atoms with van der Waals surface area (Å²) in [5, 5.41) is 19.5. The first-order valence-electron chi connectivity index (χ1n) is 4.34. The number of carboxylic acids is 1. The summed E-state index contributed by atoms with van der Waals surface area (Å²) >= 11 is 0. The Bertz CT molecular complexity index is 549. The van der Waals surface area contributed by atoms with E-state index >= 15 is 0 Å². The van der Waals surface area contributed by atoms with E-state index in [1.54, 1.807) is 12.1 Å². The Hall–Kier alpha value is -2.23. The molecule has 0 heterocycles. The fraction of sp³-hybridized carbons (Fsp3) is 0. The molecule has 2 aromatic rings. The highest BCUT2D eigenvalue weighted by Crippen LogP contribution is 2.29. The molecule has 0 saturated heterocycles. The van der Waals surface area contributed by atoms with Gasteiger partial charge in [0.15, 0.2) is 0 Å². The highest BCUT2D eigenvalue weighted by atomic mass is 16.4. The molecule has 0 aliphatic heterocycles. The number of carboxylic acid groups (broad SMARTS) is 1. The summed E-state index contributed by atoms with van der Waals surface area (Å²) in [5.41, 5.74) is 6.12. The number of carbonyl (C=O) groups is 1. The van der Waals surface area contributed by atoms with Crippen molar-refractivity contribution in [2.75, 3.05) is 5.73 Å². The van der Waals surface area contributed by atoms with Gasteiger partial charge in [0, 0.05) is 5.39 Å². The maximum Gasteiger partial charge on any atom is 0.335 e. The molecule has 0 atom stereocenters. The molecule has 0 radical (unpaired) electrons. The first-order valence-corrected chi connectivity index (χ1v) is 4.34. The highest BCUT2D eigenvalue weighted by molar-refractivity contribution is 6.00. The summed E-state index contributed by atoms with van der Waals surface area (Å²) in [6.07, 6.45) is 0. The van der Waals surface area contributed by atoms with Crippen LogP contribution in [0.1, 0.15) is 10.4 Å². The molecule has 0 amide bonds. The van der Waals surface area contributed by atoms with Crippen LogP contribution >= 0.6 is 0 Å². The quantitative estimate of drug-likeness (QED) is 0.487. The zero-order chi connectivity index (χ0) is 11.0. The van der Waals surface area contributed by atoms with Gasteiger partial charge in [-0.3, -0.25) is 0 Å². The number of nitrogens with two attached hydrogens (primary N) is 1. The molecule has 4 nitrogen and oxygen atoms in total. The molecular formula is C11H9NO3. The van der Waals surface area contributed by atoms with E-state index in [1.165, 1.54) is 18.2 Å². The number of hydrogen-bond acceptors (Lipinski definition) is 3. The number of phenols is 1. The van der Waals surface area contributed by atoms with Crippen LogP contribution in [0.15, 0.2) is 30.3 Å². The molecule has 4 heteroatoms. The summed E-state index contributed by atoms with van der Waals surface area (Å²) in [6, 6.07) is 7.65. The first-order chi connectivity index (χ1) is 7.09. The predicted molar refractivity (Wildman–Crippen MR) is 57.0 cm³/mol. The summed E-state index contributed by atoms with van der Waals surface area (Å²) < 4.78 is 0. The van der Waals surface area contributed by atoms with Crippen LogP contribution in [0.4, 0.5) is 5.69 Å². The van der Waals surface area contributed by atoms with E-state index in [1.807, 2.05) is 0 Å². The first kappa shape index (κ1) is 9.33. The largest absolute Gasteiger partial charge is 0.506 e. The van der Waals surface area contributed by atoms with Crippen molar-refractivity contribution in [3.8, 4) is 5.75 Å². The topological polar surface area (TPSA) is 83.5 Å². The van der Waals surface area contributed by atoms with Crippen LogP contribution in [0.3, 0.4) is 0 Å².